The lowest BCUT2D eigenvalue weighted by Crippen LogP contribution is -2.47. The molecule has 0 heterocycles. The van der Waals surface area contributed by atoms with E-state index in [0.29, 0.717) is 19.3 Å². The summed E-state index contributed by atoms with van der Waals surface area (Å²) < 4.78 is 5.91. The maximum Gasteiger partial charge on any atom is 0.328 e. The SMILES string of the molecule is CCCCC/C=C\CCCCCCCC(=O)OC(/C=C\CCCCCCCC)CCCCCCCCC(=O)NCC(=O)NC(CO)C(=O)O. The molecule has 2 unspecified atom stereocenters. The van der Waals surface area contributed by atoms with Crippen LogP contribution in [0.25, 0.3) is 0 Å². The van der Waals surface area contributed by atoms with Crippen LogP contribution in [0.3, 0.4) is 0 Å². The summed E-state index contributed by atoms with van der Waals surface area (Å²) in [5.74, 6) is -2.33. The van der Waals surface area contributed by atoms with E-state index in [1.807, 2.05) is 0 Å². The molecule has 0 aromatic heterocycles. The van der Waals surface area contributed by atoms with Gasteiger partial charge in [0.25, 0.3) is 0 Å². The molecular weight excluding hydrogens is 620 g/mol. The number of rotatable bonds is 35. The molecule has 0 bridgehead atoms. The molecule has 2 atom stereocenters. The summed E-state index contributed by atoms with van der Waals surface area (Å²) in [5, 5.41) is 22.5. The molecule has 9 nitrogen and oxygen atoms in total. The molecule has 284 valence electrons. The molecule has 0 radical (unpaired) electrons. The first-order valence-electron chi connectivity index (χ1n) is 19.7. The van der Waals surface area contributed by atoms with Gasteiger partial charge in [0.1, 0.15) is 12.1 Å². The van der Waals surface area contributed by atoms with E-state index in [0.717, 1.165) is 64.2 Å². The Kier molecular flexibility index (Phi) is 33.2. The summed E-state index contributed by atoms with van der Waals surface area (Å²) >= 11 is 0. The van der Waals surface area contributed by atoms with Crippen LogP contribution in [-0.2, 0) is 23.9 Å². The number of hydrogen-bond donors (Lipinski definition) is 4. The fraction of sp³-hybridized carbons (Fsp3) is 0.800. The molecule has 0 aliphatic heterocycles. The predicted octanol–water partition coefficient (Wildman–Crippen LogP) is 8.87. The van der Waals surface area contributed by atoms with Crippen LogP contribution in [0.4, 0.5) is 0 Å². The third-order valence-corrected chi connectivity index (χ3v) is 8.66. The fourth-order valence-corrected chi connectivity index (χ4v) is 5.56. The molecule has 9 heteroatoms. The standard InChI is InChI=1S/C40H72N2O7/c1-3-5-7-9-11-13-14-15-16-18-24-28-32-39(46)49-35(29-25-21-17-12-10-8-6-4-2)30-26-22-19-20-23-27-31-37(44)41-33-38(45)42-36(34-43)40(47)48/h11,13,25,29,35-36,43H,3-10,12,14-24,26-28,30-34H2,1-2H3,(H,41,44)(H,42,45)(H,47,48)/b13-11-,29-25-. The lowest BCUT2D eigenvalue weighted by molar-refractivity contribution is -0.147. The first-order valence-corrected chi connectivity index (χ1v) is 19.7. The van der Waals surface area contributed by atoms with Crippen LogP contribution in [0.15, 0.2) is 24.3 Å². The number of ether oxygens (including phenoxy) is 1. The number of hydrogen-bond acceptors (Lipinski definition) is 6. The number of unbranched alkanes of at least 4 members (excludes halogenated alkanes) is 19. The number of esters is 1. The molecule has 0 aromatic rings. The molecule has 0 fully saturated rings. The van der Waals surface area contributed by atoms with Crippen LogP contribution in [0, 0.1) is 0 Å². The maximum atomic E-state index is 12.7. The van der Waals surface area contributed by atoms with Crippen molar-refractivity contribution in [1.82, 2.24) is 10.6 Å². The van der Waals surface area contributed by atoms with E-state index in [9.17, 15) is 19.2 Å². The van der Waals surface area contributed by atoms with Crippen molar-refractivity contribution in [2.24, 2.45) is 0 Å². The number of carboxylic acid groups (broad SMARTS) is 1. The number of aliphatic hydroxyl groups is 1. The average molecular weight is 693 g/mol. The highest BCUT2D eigenvalue weighted by Gasteiger charge is 2.18. The quantitative estimate of drug-likeness (QED) is 0.0295. The monoisotopic (exact) mass is 693 g/mol. The molecule has 0 rings (SSSR count). The van der Waals surface area contributed by atoms with Crippen LogP contribution in [0.5, 0.6) is 0 Å². The third kappa shape index (κ3) is 32.3. The van der Waals surface area contributed by atoms with E-state index in [4.69, 9.17) is 14.9 Å². The first-order chi connectivity index (χ1) is 23.8. The summed E-state index contributed by atoms with van der Waals surface area (Å²) in [4.78, 5) is 47.2. The Morgan fingerprint density at radius 2 is 1.10 bits per heavy atom. The first kappa shape index (κ1) is 46.3. The van der Waals surface area contributed by atoms with Crippen molar-refractivity contribution >= 4 is 23.8 Å². The minimum atomic E-state index is -1.38. The van der Waals surface area contributed by atoms with Crippen molar-refractivity contribution in [2.45, 2.75) is 193 Å². The van der Waals surface area contributed by atoms with E-state index in [-0.39, 0.29) is 24.5 Å². The van der Waals surface area contributed by atoms with Gasteiger partial charge in [-0.3, -0.25) is 14.4 Å². The molecule has 0 aliphatic rings. The Labute approximate surface area is 298 Å². The summed E-state index contributed by atoms with van der Waals surface area (Å²) in [7, 11) is 0. The normalized spacial score (nSPS) is 12.7. The second-order valence-corrected chi connectivity index (χ2v) is 13.4. The van der Waals surface area contributed by atoms with Gasteiger partial charge < -0.3 is 25.6 Å². The number of carboxylic acids is 1. The molecule has 0 aromatic carbocycles. The van der Waals surface area contributed by atoms with Crippen LogP contribution < -0.4 is 10.6 Å². The fourth-order valence-electron chi connectivity index (χ4n) is 5.56. The van der Waals surface area contributed by atoms with Gasteiger partial charge in [0.15, 0.2) is 0 Å². The van der Waals surface area contributed by atoms with E-state index in [2.05, 4.69) is 48.8 Å². The van der Waals surface area contributed by atoms with Gasteiger partial charge in [-0.1, -0.05) is 122 Å². The molecule has 49 heavy (non-hydrogen) atoms. The second kappa shape index (κ2) is 35.2. The Balaban J connectivity index is 4.26. The van der Waals surface area contributed by atoms with E-state index >= 15 is 0 Å². The Bertz CT molecular complexity index is 890. The molecule has 0 aliphatic carbocycles. The van der Waals surface area contributed by atoms with E-state index in [1.54, 1.807) is 0 Å². The number of amides is 2. The van der Waals surface area contributed by atoms with Gasteiger partial charge in [-0.2, -0.15) is 0 Å². The molecule has 4 N–H and O–H groups in total. The van der Waals surface area contributed by atoms with Gasteiger partial charge in [0.2, 0.25) is 11.8 Å². The van der Waals surface area contributed by atoms with Crippen LogP contribution in [0.1, 0.15) is 181 Å². The molecule has 0 spiro atoms. The highest BCUT2D eigenvalue weighted by atomic mass is 16.5. The minimum absolute atomic E-state index is 0.0879. The summed E-state index contributed by atoms with van der Waals surface area (Å²) in [6.45, 7) is 3.44. The maximum absolute atomic E-state index is 12.7. The number of nitrogens with one attached hydrogen (secondary N) is 2. The van der Waals surface area contributed by atoms with Crippen LogP contribution >= 0.6 is 0 Å². The number of carbonyl (C=O) groups is 4. The average Bonchev–Trinajstić information content (AvgIpc) is 3.08. The van der Waals surface area contributed by atoms with Crippen molar-refractivity contribution in [3.05, 3.63) is 24.3 Å². The molecular formula is C40H72N2O7. The Morgan fingerprint density at radius 1 is 0.612 bits per heavy atom. The molecule has 0 saturated heterocycles. The molecule has 2 amide bonds. The lowest BCUT2D eigenvalue weighted by atomic mass is 10.0. The van der Waals surface area contributed by atoms with Gasteiger partial charge >= 0.3 is 11.9 Å². The number of aliphatic carboxylic acids is 1. The smallest absolute Gasteiger partial charge is 0.328 e. The zero-order valence-electron chi connectivity index (χ0n) is 31.2. The van der Waals surface area contributed by atoms with E-state index in [1.165, 1.54) is 83.5 Å². The van der Waals surface area contributed by atoms with Gasteiger partial charge in [0.05, 0.1) is 13.2 Å². The zero-order chi connectivity index (χ0) is 36.2. The predicted molar refractivity (Wildman–Crippen MR) is 199 cm³/mol. The van der Waals surface area contributed by atoms with Crippen molar-refractivity contribution in [3.63, 3.8) is 0 Å². The van der Waals surface area contributed by atoms with Gasteiger partial charge in [0, 0.05) is 12.8 Å². The van der Waals surface area contributed by atoms with Gasteiger partial charge in [-0.15, -0.1) is 0 Å². The summed E-state index contributed by atoms with van der Waals surface area (Å²) in [6.07, 6.45) is 36.5. The van der Waals surface area contributed by atoms with E-state index < -0.39 is 24.5 Å². The van der Waals surface area contributed by atoms with Crippen LogP contribution in [-0.4, -0.2) is 59.3 Å². The topological polar surface area (TPSA) is 142 Å². The third-order valence-electron chi connectivity index (χ3n) is 8.66. The summed E-state index contributed by atoms with van der Waals surface area (Å²) in [5.41, 5.74) is 0. The lowest BCUT2D eigenvalue weighted by Gasteiger charge is -2.15. The van der Waals surface area contributed by atoms with Crippen molar-refractivity contribution in [3.8, 4) is 0 Å². The van der Waals surface area contributed by atoms with Crippen molar-refractivity contribution in [2.75, 3.05) is 13.2 Å². The van der Waals surface area contributed by atoms with Crippen molar-refractivity contribution < 1.29 is 34.1 Å². The number of carbonyl (C=O) groups excluding carboxylic acids is 3. The minimum Gasteiger partial charge on any atom is -0.480 e. The zero-order valence-corrected chi connectivity index (χ0v) is 31.2. The Morgan fingerprint density at radius 3 is 1.69 bits per heavy atom. The van der Waals surface area contributed by atoms with Crippen LogP contribution in [0.2, 0.25) is 0 Å². The summed E-state index contributed by atoms with van der Waals surface area (Å²) in [6, 6.07) is -1.38. The highest BCUT2D eigenvalue weighted by Crippen LogP contribution is 2.16. The van der Waals surface area contributed by atoms with Gasteiger partial charge in [-0.25, -0.2) is 4.79 Å². The number of aliphatic hydroxyl groups excluding tert-OH is 1. The largest absolute Gasteiger partial charge is 0.480 e. The second-order valence-electron chi connectivity index (χ2n) is 13.4. The van der Waals surface area contributed by atoms with Crippen molar-refractivity contribution in [1.29, 1.82) is 0 Å². The number of allylic oxidation sites excluding steroid dienone is 3. The Hall–Kier alpha value is -2.68. The highest BCUT2D eigenvalue weighted by molar-refractivity contribution is 5.87. The molecule has 0 saturated carbocycles. The van der Waals surface area contributed by atoms with Gasteiger partial charge in [-0.05, 0) is 70.3 Å².